The van der Waals surface area contributed by atoms with E-state index in [1.165, 1.54) is 25.7 Å². The largest absolute Gasteiger partial charge is 0.357 e. The highest BCUT2D eigenvalue weighted by molar-refractivity contribution is 14.0. The zero-order chi connectivity index (χ0) is 19.1. The number of benzene rings is 1. The van der Waals surface area contributed by atoms with Crippen LogP contribution in [0.1, 0.15) is 52.3 Å². The van der Waals surface area contributed by atoms with Gasteiger partial charge in [-0.15, -0.1) is 34.2 Å². The van der Waals surface area contributed by atoms with Gasteiger partial charge in [-0.3, -0.25) is 4.57 Å². The summed E-state index contributed by atoms with van der Waals surface area (Å²) in [5.74, 6) is 3.36. The molecule has 0 unspecified atom stereocenters. The Kier molecular flexibility index (Phi) is 9.21. The highest BCUT2D eigenvalue weighted by Gasteiger charge is 2.23. The average molecular weight is 496 g/mol. The van der Waals surface area contributed by atoms with Crippen molar-refractivity contribution in [1.29, 1.82) is 0 Å². The van der Waals surface area contributed by atoms with E-state index in [2.05, 4.69) is 41.6 Å². The van der Waals surface area contributed by atoms with Crippen LogP contribution < -0.4 is 10.6 Å². The Morgan fingerprint density at radius 2 is 1.89 bits per heavy atom. The van der Waals surface area contributed by atoms with Crippen LogP contribution in [0.3, 0.4) is 0 Å². The molecule has 3 rings (SSSR count). The number of hydrogen-bond acceptors (Lipinski definition) is 3. The van der Waals surface area contributed by atoms with E-state index in [1.807, 2.05) is 34.9 Å². The van der Waals surface area contributed by atoms with Crippen LogP contribution in [0.4, 0.5) is 0 Å². The highest BCUT2D eigenvalue weighted by atomic mass is 127. The normalized spacial score (nSPS) is 19.9. The Bertz CT molecular complexity index is 720. The van der Waals surface area contributed by atoms with E-state index < -0.39 is 0 Å². The molecule has 0 atom stereocenters. The molecule has 1 aromatic carbocycles. The molecule has 0 aliphatic heterocycles. The van der Waals surface area contributed by atoms with Crippen LogP contribution in [0.2, 0.25) is 0 Å². The minimum Gasteiger partial charge on any atom is -0.357 e. The fourth-order valence-corrected chi connectivity index (χ4v) is 3.76. The van der Waals surface area contributed by atoms with E-state index in [4.69, 9.17) is 4.99 Å². The second-order valence-electron chi connectivity index (χ2n) is 7.65. The van der Waals surface area contributed by atoms with Gasteiger partial charge in [0.05, 0.1) is 0 Å². The van der Waals surface area contributed by atoms with Gasteiger partial charge in [-0.05, 0) is 56.6 Å². The maximum Gasteiger partial charge on any atom is 0.191 e. The molecule has 1 saturated carbocycles. The van der Waals surface area contributed by atoms with Gasteiger partial charge in [0.1, 0.15) is 12.9 Å². The van der Waals surface area contributed by atoms with Crippen molar-refractivity contribution in [1.82, 2.24) is 25.4 Å². The number of nitrogens with one attached hydrogen (secondary N) is 2. The summed E-state index contributed by atoms with van der Waals surface area (Å²) in [4.78, 5) is 4.76. The summed E-state index contributed by atoms with van der Waals surface area (Å²) in [5.41, 5.74) is 1.05. The summed E-state index contributed by atoms with van der Waals surface area (Å²) in [6.45, 7) is 8.11. The predicted molar refractivity (Wildman–Crippen MR) is 125 cm³/mol. The molecule has 1 aromatic heterocycles. The zero-order valence-electron chi connectivity index (χ0n) is 17.1. The number of guanidine groups is 1. The third kappa shape index (κ3) is 6.18. The topological polar surface area (TPSA) is 67.1 Å². The Balaban J connectivity index is 0.00000280. The lowest BCUT2D eigenvalue weighted by Gasteiger charge is -2.32. The van der Waals surface area contributed by atoms with Crippen molar-refractivity contribution in [3.63, 3.8) is 0 Å². The summed E-state index contributed by atoms with van der Waals surface area (Å²) in [5, 5.41) is 15.3. The molecule has 0 radical (unpaired) electrons. The first-order valence-electron chi connectivity index (χ1n) is 10.2. The molecule has 0 amide bonds. The summed E-state index contributed by atoms with van der Waals surface area (Å²) in [6.07, 6.45) is 6.78. The lowest BCUT2D eigenvalue weighted by Crippen LogP contribution is -2.45. The molecule has 2 N–H and O–H groups in total. The Hall–Kier alpha value is -1.64. The van der Waals surface area contributed by atoms with E-state index in [9.17, 15) is 0 Å². The molecule has 2 aromatic rings. The molecule has 1 aliphatic rings. The molecule has 6 nitrogen and oxygen atoms in total. The molecule has 1 heterocycles. The third-order valence-electron chi connectivity index (χ3n) is 5.43. The van der Waals surface area contributed by atoms with E-state index in [-0.39, 0.29) is 24.0 Å². The van der Waals surface area contributed by atoms with Crippen LogP contribution in [0.25, 0.3) is 5.69 Å². The fourth-order valence-electron chi connectivity index (χ4n) is 3.76. The molecular weight excluding hydrogens is 463 g/mol. The van der Waals surface area contributed by atoms with E-state index in [0.29, 0.717) is 12.6 Å². The molecule has 0 bridgehead atoms. The quantitative estimate of drug-likeness (QED) is 0.358. The summed E-state index contributed by atoms with van der Waals surface area (Å²) < 4.78 is 1.99. The smallest absolute Gasteiger partial charge is 0.191 e. The average Bonchev–Trinajstić information content (AvgIpc) is 3.16. The van der Waals surface area contributed by atoms with Crippen LogP contribution in [0.5, 0.6) is 0 Å². The molecule has 0 spiro atoms. The van der Waals surface area contributed by atoms with Crippen LogP contribution in [0, 0.1) is 11.8 Å². The Labute approximate surface area is 185 Å². The van der Waals surface area contributed by atoms with Crippen molar-refractivity contribution >= 4 is 29.9 Å². The summed E-state index contributed by atoms with van der Waals surface area (Å²) in [7, 11) is 0. The predicted octanol–water partition coefficient (Wildman–Crippen LogP) is 4.16. The van der Waals surface area contributed by atoms with E-state index in [1.54, 1.807) is 6.33 Å². The second kappa shape index (κ2) is 11.4. The minimum absolute atomic E-state index is 0. The highest BCUT2D eigenvalue weighted by Crippen LogP contribution is 2.29. The van der Waals surface area contributed by atoms with Crippen LogP contribution >= 0.6 is 24.0 Å². The molecule has 1 aliphatic carbocycles. The van der Waals surface area contributed by atoms with Gasteiger partial charge in [-0.2, -0.15) is 0 Å². The Morgan fingerprint density at radius 3 is 2.54 bits per heavy atom. The Morgan fingerprint density at radius 1 is 1.18 bits per heavy atom. The summed E-state index contributed by atoms with van der Waals surface area (Å²) >= 11 is 0. The van der Waals surface area contributed by atoms with E-state index in [0.717, 1.165) is 35.9 Å². The van der Waals surface area contributed by atoms with Crippen molar-refractivity contribution in [2.45, 2.75) is 59.0 Å². The minimum atomic E-state index is 0. The van der Waals surface area contributed by atoms with Gasteiger partial charge in [0.15, 0.2) is 11.8 Å². The van der Waals surface area contributed by atoms with Gasteiger partial charge in [0.2, 0.25) is 0 Å². The first kappa shape index (κ1) is 22.6. The van der Waals surface area contributed by atoms with Crippen molar-refractivity contribution in [3.05, 3.63) is 42.5 Å². The van der Waals surface area contributed by atoms with Gasteiger partial charge in [0.25, 0.3) is 0 Å². The van der Waals surface area contributed by atoms with Gasteiger partial charge < -0.3 is 10.6 Å². The molecule has 0 saturated heterocycles. The molecule has 7 heteroatoms. The SMILES string of the molecule is CCNC(=NCc1nncn1-c1ccccc1)NC1CCC(C(C)C)CC1.I. The number of para-hydroxylation sites is 1. The maximum atomic E-state index is 4.76. The number of aromatic nitrogens is 3. The lowest BCUT2D eigenvalue weighted by molar-refractivity contribution is 0.250. The number of nitrogens with zero attached hydrogens (tertiary/aromatic N) is 4. The molecular formula is C21H33IN6. The lowest BCUT2D eigenvalue weighted by atomic mass is 9.80. The second-order valence-corrected chi connectivity index (χ2v) is 7.65. The fraction of sp³-hybridized carbons (Fsp3) is 0.571. The standard InChI is InChI=1S/C21H32N6.HI/c1-4-22-21(25-18-12-10-17(11-13-18)16(2)3)23-14-20-26-24-15-27(20)19-8-6-5-7-9-19;/h5-9,15-18H,4,10-14H2,1-3H3,(H2,22,23,25);1H. The number of rotatable bonds is 6. The first-order chi connectivity index (χ1) is 13.2. The third-order valence-corrected chi connectivity index (χ3v) is 5.43. The number of halogens is 1. The first-order valence-corrected chi connectivity index (χ1v) is 10.2. The van der Waals surface area contributed by atoms with Crippen LogP contribution in [-0.2, 0) is 6.54 Å². The van der Waals surface area contributed by atoms with Crippen molar-refractivity contribution in [2.24, 2.45) is 16.8 Å². The monoisotopic (exact) mass is 496 g/mol. The molecule has 154 valence electrons. The van der Waals surface area contributed by atoms with Gasteiger partial charge in [0, 0.05) is 18.3 Å². The molecule has 1 fully saturated rings. The van der Waals surface area contributed by atoms with Crippen molar-refractivity contribution in [3.8, 4) is 5.69 Å². The number of hydrogen-bond donors (Lipinski definition) is 2. The van der Waals surface area contributed by atoms with Gasteiger partial charge >= 0.3 is 0 Å². The summed E-state index contributed by atoms with van der Waals surface area (Å²) in [6, 6.07) is 10.6. The maximum absolute atomic E-state index is 4.76. The number of aliphatic imine (C=N–C) groups is 1. The van der Waals surface area contributed by atoms with Crippen molar-refractivity contribution < 1.29 is 0 Å². The molecule has 28 heavy (non-hydrogen) atoms. The van der Waals surface area contributed by atoms with E-state index >= 15 is 0 Å². The zero-order valence-corrected chi connectivity index (χ0v) is 19.5. The van der Waals surface area contributed by atoms with Crippen molar-refractivity contribution in [2.75, 3.05) is 6.54 Å². The van der Waals surface area contributed by atoms with Crippen LogP contribution in [0.15, 0.2) is 41.7 Å². The van der Waals surface area contributed by atoms with Gasteiger partial charge in [-0.25, -0.2) is 4.99 Å². The van der Waals surface area contributed by atoms with Crippen LogP contribution in [-0.4, -0.2) is 33.3 Å². The van der Waals surface area contributed by atoms with Gasteiger partial charge in [-0.1, -0.05) is 32.0 Å².